The molecule has 8 heteroatoms. The maximum atomic E-state index is 12.5. The fraction of sp³-hybridized carbons (Fsp3) is 0. The number of aromatic nitrogens is 3. The van der Waals surface area contributed by atoms with Crippen molar-refractivity contribution >= 4 is 37.6 Å². The highest BCUT2D eigenvalue weighted by Gasteiger charge is 2.15. The first-order valence-corrected chi connectivity index (χ1v) is 8.32. The molecule has 0 aliphatic rings. The van der Waals surface area contributed by atoms with Crippen molar-refractivity contribution in [1.29, 1.82) is 0 Å². The molecule has 4 N–H and O–H groups in total. The Balaban J connectivity index is 1.74. The topological polar surface area (TPSA) is 111 Å². The number of anilines is 1. The van der Waals surface area contributed by atoms with Gasteiger partial charge in [-0.05, 0) is 41.8 Å². The van der Waals surface area contributed by atoms with Crippen LogP contribution in [0.4, 0.5) is 5.69 Å². The third-order valence-electron chi connectivity index (χ3n) is 3.60. The van der Waals surface area contributed by atoms with Crippen molar-refractivity contribution in [2.24, 2.45) is 0 Å². The van der Waals surface area contributed by atoms with Gasteiger partial charge >= 0.3 is 5.69 Å². The van der Waals surface area contributed by atoms with E-state index in [1.54, 1.807) is 24.4 Å². The molecule has 4 aromatic rings. The third-order valence-corrected chi connectivity index (χ3v) is 4.98. The molecule has 2 heterocycles. The van der Waals surface area contributed by atoms with E-state index in [0.29, 0.717) is 16.7 Å². The quantitative estimate of drug-likeness (QED) is 0.462. The van der Waals surface area contributed by atoms with E-state index in [2.05, 4.69) is 19.7 Å². The van der Waals surface area contributed by atoms with E-state index in [1.165, 1.54) is 12.1 Å². The van der Waals surface area contributed by atoms with E-state index in [9.17, 15) is 13.2 Å². The number of fused-ring (bicyclic) bond motifs is 2. The van der Waals surface area contributed by atoms with Gasteiger partial charge in [-0.15, -0.1) is 0 Å². The highest BCUT2D eigenvalue weighted by molar-refractivity contribution is 7.92. The van der Waals surface area contributed by atoms with Crippen LogP contribution in [0.1, 0.15) is 0 Å². The van der Waals surface area contributed by atoms with Gasteiger partial charge in [-0.2, -0.15) is 0 Å². The predicted molar refractivity (Wildman–Crippen MR) is 88.0 cm³/mol. The summed E-state index contributed by atoms with van der Waals surface area (Å²) in [6, 6.07) is 11.6. The first-order chi connectivity index (χ1) is 11.0. The molecule has 23 heavy (non-hydrogen) atoms. The standard InChI is InChI=1S/C15H12N4O3S/c20-15-17-12-4-3-11(8-14(12)18-15)23(21,22)19-10-2-1-9-5-6-16-13(9)7-10/h1-8,16,19H,(H2,17,18,20). The molecule has 0 unspecified atom stereocenters. The highest BCUT2D eigenvalue weighted by Crippen LogP contribution is 2.22. The van der Waals surface area contributed by atoms with Crippen LogP contribution >= 0.6 is 0 Å². The van der Waals surface area contributed by atoms with Gasteiger partial charge in [0.15, 0.2) is 0 Å². The summed E-state index contributed by atoms with van der Waals surface area (Å²) in [7, 11) is -3.75. The fourth-order valence-corrected chi connectivity index (χ4v) is 3.58. The van der Waals surface area contributed by atoms with Crippen molar-refractivity contribution in [3.8, 4) is 0 Å². The first kappa shape index (κ1) is 13.6. The Morgan fingerprint density at radius 2 is 1.70 bits per heavy atom. The van der Waals surface area contributed by atoms with Crippen LogP contribution in [0.15, 0.2) is 58.4 Å². The Hall–Kier alpha value is -3.00. The summed E-state index contributed by atoms with van der Waals surface area (Å²) >= 11 is 0. The molecule has 4 rings (SSSR count). The van der Waals surface area contributed by atoms with E-state index in [4.69, 9.17) is 0 Å². The molecule has 0 fully saturated rings. The van der Waals surface area contributed by atoms with Crippen LogP contribution in [0, 0.1) is 0 Å². The molecular formula is C15H12N4O3S. The molecule has 0 atom stereocenters. The Labute approximate surface area is 130 Å². The lowest BCUT2D eigenvalue weighted by Gasteiger charge is -2.08. The van der Waals surface area contributed by atoms with Gasteiger partial charge in [0.1, 0.15) is 0 Å². The zero-order valence-corrected chi connectivity index (χ0v) is 12.6. The minimum Gasteiger partial charge on any atom is -0.361 e. The molecule has 0 spiro atoms. The van der Waals surface area contributed by atoms with Crippen molar-refractivity contribution < 1.29 is 8.42 Å². The number of hydrogen-bond acceptors (Lipinski definition) is 3. The molecule has 0 aliphatic carbocycles. The van der Waals surface area contributed by atoms with Gasteiger partial charge in [0, 0.05) is 11.7 Å². The lowest BCUT2D eigenvalue weighted by Crippen LogP contribution is -2.12. The summed E-state index contributed by atoms with van der Waals surface area (Å²) < 4.78 is 27.5. The number of sulfonamides is 1. The summed E-state index contributed by atoms with van der Waals surface area (Å²) in [5.74, 6) is 0. The molecule has 0 aliphatic heterocycles. The van der Waals surface area contributed by atoms with E-state index < -0.39 is 10.0 Å². The van der Waals surface area contributed by atoms with Crippen molar-refractivity contribution in [3.05, 3.63) is 59.1 Å². The van der Waals surface area contributed by atoms with Crippen LogP contribution in [0.5, 0.6) is 0 Å². The number of imidazole rings is 1. The minimum atomic E-state index is -3.75. The monoisotopic (exact) mass is 328 g/mol. The number of nitrogens with one attached hydrogen (secondary N) is 4. The second-order valence-corrected chi connectivity index (χ2v) is 6.85. The van der Waals surface area contributed by atoms with Crippen LogP contribution < -0.4 is 10.4 Å². The molecule has 0 bridgehead atoms. The van der Waals surface area contributed by atoms with Crippen LogP contribution in [0.3, 0.4) is 0 Å². The molecule has 0 saturated carbocycles. The number of rotatable bonds is 3. The molecule has 0 radical (unpaired) electrons. The minimum absolute atomic E-state index is 0.0758. The molecular weight excluding hydrogens is 316 g/mol. The average molecular weight is 328 g/mol. The van der Waals surface area contributed by atoms with Gasteiger partial charge in [-0.1, -0.05) is 6.07 Å². The normalized spacial score (nSPS) is 12.0. The van der Waals surface area contributed by atoms with Crippen molar-refractivity contribution in [3.63, 3.8) is 0 Å². The third kappa shape index (κ3) is 2.38. The molecule has 2 aromatic heterocycles. The van der Waals surface area contributed by atoms with Crippen LogP contribution in [-0.2, 0) is 10.0 Å². The van der Waals surface area contributed by atoms with E-state index in [1.807, 2.05) is 12.1 Å². The van der Waals surface area contributed by atoms with E-state index in [-0.39, 0.29) is 10.6 Å². The zero-order valence-electron chi connectivity index (χ0n) is 11.8. The Morgan fingerprint density at radius 1 is 0.870 bits per heavy atom. The highest BCUT2D eigenvalue weighted by atomic mass is 32.2. The SMILES string of the molecule is O=c1[nH]c2ccc(S(=O)(=O)Nc3ccc4cc[nH]c4c3)cc2[nH]1. The Bertz CT molecular complexity index is 1180. The smallest absolute Gasteiger partial charge is 0.323 e. The summed E-state index contributed by atoms with van der Waals surface area (Å²) in [4.78, 5) is 19.5. The number of aromatic amines is 3. The Kier molecular flexibility index (Phi) is 2.82. The second kappa shape index (κ2) is 4.75. The maximum Gasteiger partial charge on any atom is 0.323 e. The molecule has 0 amide bonds. The van der Waals surface area contributed by atoms with E-state index >= 15 is 0 Å². The van der Waals surface area contributed by atoms with Crippen molar-refractivity contribution in [1.82, 2.24) is 15.0 Å². The number of H-pyrrole nitrogens is 3. The maximum absolute atomic E-state index is 12.5. The summed E-state index contributed by atoms with van der Waals surface area (Å²) in [5.41, 5.74) is 1.93. The lowest BCUT2D eigenvalue weighted by atomic mass is 10.2. The zero-order chi connectivity index (χ0) is 16.0. The molecule has 7 nitrogen and oxygen atoms in total. The van der Waals surface area contributed by atoms with Crippen LogP contribution in [-0.4, -0.2) is 23.4 Å². The number of hydrogen-bond donors (Lipinski definition) is 4. The van der Waals surface area contributed by atoms with Gasteiger partial charge in [0.05, 0.1) is 21.6 Å². The van der Waals surface area contributed by atoms with E-state index in [0.717, 1.165) is 10.9 Å². The van der Waals surface area contributed by atoms with Crippen molar-refractivity contribution in [2.75, 3.05) is 4.72 Å². The lowest BCUT2D eigenvalue weighted by molar-refractivity contribution is 0.601. The fourth-order valence-electron chi connectivity index (χ4n) is 2.50. The largest absolute Gasteiger partial charge is 0.361 e. The van der Waals surface area contributed by atoms with Gasteiger partial charge in [0.2, 0.25) is 0 Å². The van der Waals surface area contributed by atoms with Crippen molar-refractivity contribution in [2.45, 2.75) is 4.90 Å². The second-order valence-electron chi connectivity index (χ2n) is 5.17. The Morgan fingerprint density at radius 3 is 2.57 bits per heavy atom. The first-order valence-electron chi connectivity index (χ1n) is 6.83. The number of benzene rings is 2. The van der Waals surface area contributed by atoms with Crippen LogP contribution in [0.2, 0.25) is 0 Å². The molecule has 116 valence electrons. The summed E-state index contributed by atoms with van der Waals surface area (Å²) in [6.07, 6.45) is 1.79. The van der Waals surface area contributed by atoms with Gasteiger partial charge < -0.3 is 15.0 Å². The van der Waals surface area contributed by atoms with Gasteiger partial charge in [-0.3, -0.25) is 4.72 Å². The summed E-state index contributed by atoms with van der Waals surface area (Å²) in [5, 5.41) is 0.999. The average Bonchev–Trinajstić information content (AvgIpc) is 3.10. The molecule has 2 aromatic carbocycles. The predicted octanol–water partition coefficient (Wildman–Crippen LogP) is 2.14. The summed E-state index contributed by atoms with van der Waals surface area (Å²) in [6.45, 7) is 0. The van der Waals surface area contributed by atoms with Gasteiger partial charge in [0.25, 0.3) is 10.0 Å². The van der Waals surface area contributed by atoms with Crippen LogP contribution in [0.25, 0.3) is 21.9 Å². The van der Waals surface area contributed by atoms with Gasteiger partial charge in [-0.25, -0.2) is 13.2 Å². The molecule has 0 saturated heterocycles.